The molecule has 1 fully saturated rings. The zero-order chi connectivity index (χ0) is 13.0. The third-order valence-electron chi connectivity index (χ3n) is 3.07. The van der Waals surface area contributed by atoms with E-state index in [0.717, 1.165) is 24.1 Å². The van der Waals surface area contributed by atoms with Crippen LogP contribution >= 0.6 is 15.9 Å². The Hall–Kier alpha value is -1.07. The highest BCUT2D eigenvalue weighted by Gasteiger charge is 2.13. The molecule has 1 aliphatic rings. The van der Waals surface area contributed by atoms with E-state index in [0.29, 0.717) is 17.9 Å². The maximum absolute atomic E-state index is 11.8. The molecule has 2 N–H and O–H groups in total. The number of anilines is 1. The Morgan fingerprint density at radius 3 is 2.78 bits per heavy atom. The highest BCUT2D eigenvalue weighted by atomic mass is 79.9. The minimum atomic E-state index is -0.312. The average molecular weight is 313 g/mol. The molecule has 1 aromatic rings. The van der Waals surface area contributed by atoms with Gasteiger partial charge >= 0.3 is 5.97 Å². The number of nitrogen functional groups attached to an aromatic ring is 1. The molecule has 1 aliphatic heterocycles. The van der Waals surface area contributed by atoms with Crippen LogP contribution in [-0.4, -0.2) is 37.1 Å². The maximum atomic E-state index is 11.8. The van der Waals surface area contributed by atoms with Crippen LogP contribution in [-0.2, 0) is 4.74 Å². The summed E-state index contributed by atoms with van der Waals surface area (Å²) >= 11 is 3.29. The molecule has 0 spiro atoms. The van der Waals surface area contributed by atoms with E-state index in [9.17, 15) is 4.79 Å². The average Bonchev–Trinajstić information content (AvgIpc) is 2.85. The summed E-state index contributed by atoms with van der Waals surface area (Å²) in [4.78, 5) is 14.1. The number of nitrogens with zero attached hydrogens (tertiary/aromatic N) is 1. The molecule has 0 unspecified atom stereocenters. The molecule has 0 saturated carbocycles. The topological polar surface area (TPSA) is 55.6 Å². The molecule has 0 aliphatic carbocycles. The van der Waals surface area contributed by atoms with Gasteiger partial charge in [0.1, 0.15) is 6.61 Å². The van der Waals surface area contributed by atoms with Gasteiger partial charge in [-0.1, -0.05) is 0 Å². The van der Waals surface area contributed by atoms with Crippen molar-refractivity contribution in [2.75, 3.05) is 32.0 Å². The van der Waals surface area contributed by atoms with Gasteiger partial charge in [0.25, 0.3) is 0 Å². The first kappa shape index (κ1) is 13.4. The van der Waals surface area contributed by atoms with Gasteiger partial charge in [-0.3, -0.25) is 4.90 Å². The van der Waals surface area contributed by atoms with Crippen molar-refractivity contribution >= 4 is 27.6 Å². The van der Waals surface area contributed by atoms with Crippen LogP contribution in [0.3, 0.4) is 0 Å². The van der Waals surface area contributed by atoms with E-state index in [1.54, 1.807) is 18.2 Å². The quantitative estimate of drug-likeness (QED) is 0.684. The molecule has 2 rings (SSSR count). The van der Waals surface area contributed by atoms with Crippen molar-refractivity contribution in [3.8, 4) is 0 Å². The van der Waals surface area contributed by atoms with Crippen LogP contribution < -0.4 is 5.73 Å². The van der Waals surface area contributed by atoms with Gasteiger partial charge in [-0.2, -0.15) is 0 Å². The Kier molecular flexibility index (Phi) is 4.60. The highest BCUT2D eigenvalue weighted by Crippen LogP contribution is 2.20. The van der Waals surface area contributed by atoms with Gasteiger partial charge in [0.15, 0.2) is 0 Å². The number of halogens is 1. The van der Waals surface area contributed by atoms with E-state index in [-0.39, 0.29) is 5.97 Å². The van der Waals surface area contributed by atoms with Crippen molar-refractivity contribution in [1.82, 2.24) is 4.90 Å². The predicted octanol–water partition coefficient (Wildman–Crippen LogP) is 2.28. The molecular weight excluding hydrogens is 296 g/mol. The Balaban J connectivity index is 1.81. The van der Waals surface area contributed by atoms with Crippen LogP contribution in [0.15, 0.2) is 22.7 Å². The van der Waals surface area contributed by atoms with Crippen molar-refractivity contribution in [3.63, 3.8) is 0 Å². The van der Waals surface area contributed by atoms with E-state index >= 15 is 0 Å². The first-order valence-electron chi connectivity index (χ1n) is 6.11. The molecule has 0 aromatic heterocycles. The van der Waals surface area contributed by atoms with Crippen LogP contribution in [0.5, 0.6) is 0 Å². The molecular formula is C13H17BrN2O2. The summed E-state index contributed by atoms with van der Waals surface area (Å²) in [7, 11) is 0. The Labute approximate surface area is 115 Å². The Morgan fingerprint density at radius 2 is 2.11 bits per heavy atom. The first-order chi connectivity index (χ1) is 8.66. The number of carbonyl (C=O) groups is 1. The molecule has 98 valence electrons. The standard InChI is InChI=1S/C13H17BrN2O2/c14-11-4-3-10(9-12(11)15)13(17)18-8-7-16-5-1-2-6-16/h3-4,9H,1-2,5-8,15H2. The third kappa shape index (κ3) is 3.46. The van der Waals surface area contributed by atoms with Gasteiger partial charge in [0.2, 0.25) is 0 Å². The third-order valence-corrected chi connectivity index (χ3v) is 3.79. The molecule has 5 heteroatoms. The van der Waals surface area contributed by atoms with Gasteiger partial charge in [0.05, 0.1) is 5.56 Å². The van der Waals surface area contributed by atoms with Crippen molar-refractivity contribution in [3.05, 3.63) is 28.2 Å². The molecule has 1 saturated heterocycles. The summed E-state index contributed by atoms with van der Waals surface area (Å²) in [6.45, 7) is 3.48. The molecule has 4 nitrogen and oxygen atoms in total. The second-order valence-electron chi connectivity index (χ2n) is 4.42. The van der Waals surface area contributed by atoms with Crippen molar-refractivity contribution in [2.24, 2.45) is 0 Å². The number of likely N-dealkylation sites (tertiary alicyclic amines) is 1. The van der Waals surface area contributed by atoms with Crippen molar-refractivity contribution in [1.29, 1.82) is 0 Å². The van der Waals surface area contributed by atoms with E-state index in [4.69, 9.17) is 10.5 Å². The Morgan fingerprint density at radius 1 is 1.39 bits per heavy atom. The van der Waals surface area contributed by atoms with Crippen LogP contribution in [0.1, 0.15) is 23.2 Å². The predicted molar refractivity (Wildman–Crippen MR) is 74.5 cm³/mol. The lowest BCUT2D eigenvalue weighted by molar-refractivity contribution is 0.0472. The van der Waals surface area contributed by atoms with Crippen LogP contribution in [0, 0.1) is 0 Å². The molecule has 1 aromatic carbocycles. The summed E-state index contributed by atoms with van der Waals surface area (Å²) < 4.78 is 6.02. The fourth-order valence-corrected chi connectivity index (χ4v) is 2.27. The second kappa shape index (κ2) is 6.20. The number of rotatable bonds is 4. The van der Waals surface area contributed by atoms with Gasteiger partial charge < -0.3 is 10.5 Å². The zero-order valence-corrected chi connectivity index (χ0v) is 11.8. The van der Waals surface area contributed by atoms with Crippen molar-refractivity contribution < 1.29 is 9.53 Å². The van der Waals surface area contributed by atoms with Crippen LogP contribution in [0.4, 0.5) is 5.69 Å². The molecule has 0 atom stereocenters. The van der Waals surface area contributed by atoms with E-state index in [1.807, 2.05) is 0 Å². The summed E-state index contributed by atoms with van der Waals surface area (Å²) in [5, 5.41) is 0. The smallest absolute Gasteiger partial charge is 0.338 e. The minimum Gasteiger partial charge on any atom is -0.461 e. The second-order valence-corrected chi connectivity index (χ2v) is 5.28. The lowest BCUT2D eigenvalue weighted by Gasteiger charge is -2.14. The number of hydrogen-bond acceptors (Lipinski definition) is 4. The van der Waals surface area contributed by atoms with E-state index in [2.05, 4.69) is 20.8 Å². The number of ether oxygens (including phenoxy) is 1. The Bertz CT molecular complexity index is 431. The molecule has 0 amide bonds. The molecule has 1 heterocycles. The zero-order valence-electron chi connectivity index (χ0n) is 10.2. The fourth-order valence-electron chi connectivity index (χ4n) is 2.03. The SMILES string of the molecule is Nc1cc(C(=O)OCCN2CCCC2)ccc1Br. The summed E-state index contributed by atoms with van der Waals surface area (Å²) in [6.07, 6.45) is 2.49. The number of hydrogen-bond donors (Lipinski definition) is 1. The highest BCUT2D eigenvalue weighted by molar-refractivity contribution is 9.10. The molecule has 0 bridgehead atoms. The lowest BCUT2D eigenvalue weighted by Crippen LogP contribution is -2.25. The summed E-state index contributed by atoms with van der Waals surface area (Å²) in [5.74, 6) is -0.312. The van der Waals surface area contributed by atoms with Gasteiger partial charge in [-0.25, -0.2) is 4.79 Å². The summed E-state index contributed by atoms with van der Waals surface area (Å²) in [6, 6.07) is 5.09. The number of nitrogens with two attached hydrogens (primary N) is 1. The number of benzene rings is 1. The van der Waals surface area contributed by atoms with Crippen LogP contribution in [0.25, 0.3) is 0 Å². The largest absolute Gasteiger partial charge is 0.461 e. The molecule has 18 heavy (non-hydrogen) atoms. The minimum absolute atomic E-state index is 0.312. The monoisotopic (exact) mass is 312 g/mol. The number of esters is 1. The van der Waals surface area contributed by atoms with E-state index in [1.165, 1.54) is 12.8 Å². The fraction of sp³-hybridized carbons (Fsp3) is 0.462. The normalized spacial score (nSPS) is 15.8. The molecule has 0 radical (unpaired) electrons. The van der Waals surface area contributed by atoms with Gasteiger partial charge in [-0.15, -0.1) is 0 Å². The first-order valence-corrected chi connectivity index (χ1v) is 6.90. The summed E-state index contributed by atoms with van der Waals surface area (Å²) in [5.41, 5.74) is 6.77. The number of carbonyl (C=O) groups excluding carboxylic acids is 1. The maximum Gasteiger partial charge on any atom is 0.338 e. The van der Waals surface area contributed by atoms with E-state index < -0.39 is 0 Å². The van der Waals surface area contributed by atoms with Crippen LogP contribution in [0.2, 0.25) is 0 Å². The van der Waals surface area contributed by atoms with Crippen molar-refractivity contribution in [2.45, 2.75) is 12.8 Å². The van der Waals surface area contributed by atoms with Gasteiger partial charge in [0, 0.05) is 16.7 Å². The lowest BCUT2D eigenvalue weighted by atomic mass is 10.2. The van der Waals surface area contributed by atoms with Gasteiger partial charge in [-0.05, 0) is 60.1 Å².